The Labute approximate surface area is 130 Å². The number of nitrogens with zero attached hydrogens (tertiary/aromatic N) is 1. The van der Waals surface area contributed by atoms with E-state index < -0.39 is 0 Å². The van der Waals surface area contributed by atoms with Crippen LogP contribution in [-0.4, -0.2) is 26.7 Å². The lowest BCUT2D eigenvalue weighted by atomic mass is 9.85. The Morgan fingerprint density at radius 3 is 2.52 bits per heavy atom. The molecule has 0 atom stereocenters. The lowest BCUT2D eigenvalue weighted by Gasteiger charge is -2.35. The second-order valence-electron chi connectivity index (χ2n) is 7.03. The fourth-order valence-electron chi connectivity index (χ4n) is 3.87. The minimum absolute atomic E-state index is 0.473. The molecule has 118 valence electrons. The molecule has 21 heavy (non-hydrogen) atoms. The van der Waals surface area contributed by atoms with Crippen molar-refractivity contribution in [2.24, 2.45) is 5.41 Å². The number of hydrogen-bond donors (Lipinski definition) is 1. The maximum atomic E-state index is 3.67. The van der Waals surface area contributed by atoms with Crippen LogP contribution < -0.4 is 10.2 Å². The van der Waals surface area contributed by atoms with Crippen LogP contribution in [-0.2, 0) is 0 Å². The first-order chi connectivity index (χ1) is 10.1. The van der Waals surface area contributed by atoms with Crippen molar-refractivity contribution in [3.63, 3.8) is 0 Å². The van der Waals surface area contributed by atoms with Crippen molar-refractivity contribution in [2.75, 3.05) is 31.6 Å². The summed E-state index contributed by atoms with van der Waals surface area (Å²) in [4.78, 5) is 2.48. The molecule has 1 saturated carbocycles. The Morgan fingerprint density at radius 2 is 1.90 bits per heavy atom. The molecule has 2 rings (SSSR count). The van der Waals surface area contributed by atoms with Crippen molar-refractivity contribution in [3.05, 3.63) is 29.3 Å². The first-order valence-corrected chi connectivity index (χ1v) is 8.55. The Morgan fingerprint density at radius 1 is 1.19 bits per heavy atom. The summed E-state index contributed by atoms with van der Waals surface area (Å²) in [5.74, 6) is 0. The predicted molar refractivity (Wildman–Crippen MR) is 93.2 cm³/mol. The maximum absolute atomic E-state index is 3.67. The molecule has 0 spiro atoms. The fourth-order valence-corrected chi connectivity index (χ4v) is 3.87. The highest BCUT2D eigenvalue weighted by molar-refractivity contribution is 5.54. The minimum Gasteiger partial charge on any atom is -0.374 e. The molecule has 2 heteroatoms. The quantitative estimate of drug-likeness (QED) is 0.753. The average molecular weight is 288 g/mol. The Bertz CT molecular complexity index is 447. The molecule has 0 amide bonds. The van der Waals surface area contributed by atoms with Crippen LogP contribution in [0.4, 0.5) is 5.69 Å². The molecular formula is C19H32N2. The van der Waals surface area contributed by atoms with Gasteiger partial charge in [0.1, 0.15) is 0 Å². The Kier molecular flexibility index (Phi) is 5.69. The van der Waals surface area contributed by atoms with Gasteiger partial charge in [0.05, 0.1) is 0 Å². The Balaban J connectivity index is 2.05. The molecule has 1 aliphatic rings. The van der Waals surface area contributed by atoms with Crippen molar-refractivity contribution in [3.8, 4) is 0 Å². The van der Waals surface area contributed by atoms with Crippen molar-refractivity contribution in [1.82, 2.24) is 5.32 Å². The minimum atomic E-state index is 0.473. The van der Waals surface area contributed by atoms with Crippen LogP contribution in [0.5, 0.6) is 0 Å². The van der Waals surface area contributed by atoms with Gasteiger partial charge in [0.25, 0.3) is 0 Å². The van der Waals surface area contributed by atoms with E-state index in [1.54, 1.807) is 0 Å². The van der Waals surface area contributed by atoms with Crippen LogP contribution in [0.25, 0.3) is 0 Å². The topological polar surface area (TPSA) is 15.3 Å². The van der Waals surface area contributed by atoms with Gasteiger partial charge in [0.2, 0.25) is 0 Å². The highest BCUT2D eigenvalue weighted by Crippen LogP contribution is 2.39. The number of hydrogen-bond acceptors (Lipinski definition) is 2. The van der Waals surface area contributed by atoms with Gasteiger partial charge < -0.3 is 10.2 Å². The summed E-state index contributed by atoms with van der Waals surface area (Å²) in [5.41, 5.74) is 4.61. The van der Waals surface area contributed by atoms with Gasteiger partial charge in [0, 0.05) is 31.2 Å². The van der Waals surface area contributed by atoms with E-state index in [0.717, 1.165) is 6.54 Å². The molecule has 2 nitrogen and oxygen atoms in total. The van der Waals surface area contributed by atoms with Crippen LogP contribution >= 0.6 is 0 Å². The maximum Gasteiger partial charge on any atom is 0.0393 e. The molecule has 0 aromatic heterocycles. The van der Waals surface area contributed by atoms with Crippen LogP contribution in [0.1, 0.15) is 50.2 Å². The molecule has 1 fully saturated rings. The number of anilines is 1. The van der Waals surface area contributed by atoms with Crippen LogP contribution in [0.2, 0.25) is 0 Å². The SMILES string of the molecule is CCCNCC1(CN(C)c2ccc(C)cc2C)CCCC1. The van der Waals surface area contributed by atoms with Crippen LogP contribution in [0.15, 0.2) is 18.2 Å². The summed E-state index contributed by atoms with van der Waals surface area (Å²) < 4.78 is 0. The van der Waals surface area contributed by atoms with Gasteiger partial charge in [-0.15, -0.1) is 0 Å². The third kappa shape index (κ3) is 4.23. The Hall–Kier alpha value is -1.02. The average Bonchev–Trinajstić information content (AvgIpc) is 2.87. The normalized spacial score (nSPS) is 17.1. The highest BCUT2D eigenvalue weighted by Gasteiger charge is 2.34. The molecule has 0 unspecified atom stereocenters. The molecule has 1 N–H and O–H groups in total. The molecule has 0 radical (unpaired) electrons. The molecule has 1 aromatic carbocycles. The van der Waals surface area contributed by atoms with Crippen molar-refractivity contribution >= 4 is 5.69 Å². The van der Waals surface area contributed by atoms with E-state index in [9.17, 15) is 0 Å². The van der Waals surface area contributed by atoms with Gasteiger partial charge >= 0.3 is 0 Å². The van der Waals surface area contributed by atoms with E-state index in [2.05, 4.69) is 56.2 Å². The zero-order chi connectivity index (χ0) is 15.3. The fraction of sp³-hybridized carbons (Fsp3) is 0.684. The van der Waals surface area contributed by atoms with Gasteiger partial charge in [-0.3, -0.25) is 0 Å². The predicted octanol–water partition coefficient (Wildman–Crippen LogP) is 4.30. The standard InChI is InChI=1S/C19H32N2/c1-5-12-20-14-19(10-6-7-11-19)15-21(4)18-9-8-16(2)13-17(18)3/h8-9,13,20H,5-7,10-12,14-15H2,1-4H3. The van der Waals surface area contributed by atoms with Gasteiger partial charge in [0.15, 0.2) is 0 Å². The summed E-state index contributed by atoms with van der Waals surface area (Å²) in [6, 6.07) is 6.81. The van der Waals surface area contributed by atoms with E-state index in [1.165, 1.54) is 62.0 Å². The van der Waals surface area contributed by atoms with E-state index in [1.807, 2.05) is 0 Å². The van der Waals surface area contributed by atoms with Gasteiger partial charge in [-0.05, 0) is 51.3 Å². The van der Waals surface area contributed by atoms with Crippen LogP contribution in [0, 0.1) is 19.3 Å². The zero-order valence-electron chi connectivity index (χ0n) is 14.3. The molecule has 0 heterocycles. The zero-order valence-corrected chi connectivity index (χ0v) is 14.3. The highest BCUT2D eigenvalue weighted by atomic mass is 15.1. The van der Waals surface area contributed by atoms with Crippen molar-refractivity contribution < 1.29 is 0 Å². The van der Waals surface area contributed by atoms with Gasteiger partial charge in [-0.1, -0.05) is 37.5 Å². The first kappa shape index (κ1) is 16.4. The smallest absolute Gasteiger partial charge is 0.0393 e. The summed E-state index contributed by atoms with van der Waals surface area (Å²) in [5, 5.41) is 3.67. The first-order valence-electron chi connectivity index (χ1n) is 8.55. The van der Waals surface area contributed by atoms with Crippen molar-refractivity contribution in [1.29, 1.82) is 0 Å². The summed E-state index contributed by atoms with van der Waals surface area (Å²) in [7, 11) is 2.26. The monoisotopic (exact) mass is 288 g/mol. The molecule has 0 saturated heterocycles. The van der Waals surface area contributed by atoms with Crippen LogP contribution in [0.3, 0.4) is 0 Å². The van der Waals surface area contributed by atoms with Crippen molar-refractivity contribution in [2.45, 2.75) is 52.9 Å². The van der Waals surface area contributed by atoms with Gasteiger partial charge in [-0.2, -0.15) is 0 Å². The van der Waals surface area contributed by atoms with E-state index in [4.69, 9.17) is 0 Å². The number of aryl methyl sites for hydroxylation is 2. The number of benzene rings is 1. The largest absolute Gasteiger partial charge is 0.374 e. The van der Waals surface area contributed by atoms with E-state index in [-0.39, 0.29) is 0 Å². The summed E-state index contributed by atoms with van der Waals surface area (Å²) >= 11 is 0. The van der Waals surface area contributed by atoms with E-state index >= 15 is 0 Å². The molecule has 0 bridgehead atoms. The number of nitrogens with one attached hydrogen (secondary N) is 1. The lowest BCUT2D eigenvalue weighted by molar-refractivity contribution is 0.287. The van der Waals surface area contributed by atoms with Gasteiger partial charge in [-0.25, -0.2) is 0 Å². The molecular weight excluding hydrogens is 256 g/mol. The third-order valence-corrected chi connectivity index (χ3v) is 4.93. The second kappa shape index (κ2) is 7.31. The molecule has 0 aliphatic heterocycles. The van der Waals surface area contributed by atoms with E-state index in [0.29, 0.717) is 5.41 Å². The molecule has 1 aromatic rings. The number of rotatable bonds is 7. The third-order valence-electron chi connectivity index (χ3n) is 4.93. The summed E-state index contributed by atoms with van der Waals surface area (Å²) in [6.45, 7) is 10.1. The second-order valence-corrected chi connectivity index (χ2v) is 7.03. The lowest BCUT2D eigenvalue weighted by Crippen LogP contribution is -2.41. The molecule has 1 aliphatic carbocycles. The summed E-state index contributed by atoms with van der Waals surface area (Å²) in [6.07, 6.45) is 6.77.